The van der Waals surface area contributed by atoms with Gasteiger partial charge in [-0.15, -0.1) is 0 Å². The molecule has 3 rings (SSSR count). The van der Waals surface area contributed by atoms with Gasteiger partial charge in [-0.25, -0.2) is 9.36 Å². The first-order valence-corrected chi connectivity index (χ1v) is 6.90. The molecule has 0 fully saturated rings. The molecule has 1 N–H and O–H groups in total. The minimum absolute atomic E-state index is 0.486. The number of anilines is 1. The lowest BCUT2D eigenvalue weighted by atomic mass is 10.5. The Hall–Kier alpha value is -2.22. The molecule has 102 valence electrons. The summed E-state index contributed by atoms with van der Waals surface area (Å²) in [6.45, 7) is 2.77. The van der Waals surface area contributed by atoms with E-state index in [0.717, 1.165) is 11.0 Å². The molecule has 0 aliphatic rings. The molecule has 0 saturated carbocycles. The molecule has 0 aliphatic heterocycles. The lowest BCUT2D eigenvalue weighted by molar-refractivity contribution is 0.771. The van der Waals surface area contributed by atoms with E-state index >= 15 is 0 Å². The zero-order chi connectivity index (χ0) is 13.9. The summed E-state index contributed by atoms with van der Waals surface area (Å²) < 4.78 is 4.05. The van der Waals surface area contributed by atoms with Gasteiger partial charge in [0.05, 0.1) is 0 Å². The normalized spacial score (nSPS) is 10.7. The molecular weight excluding hydrogens is 322 g/mol. The predicted octanol–water partition coefficient (Wildman–Crippen LogP) is 2.04. The number of aromatic nitrogens is 6. The Morgan fingerprint density at radius 3 is 2.40 bits per heavy atom. The van der Waals surface area contributed by atoms with Crippen LogP contribution >= 0.6 is 15.9 Å². The fourth-order valence-corrected chi connectivity index (χ4v) is 2.24. The molecule has 3 heterocycles. The molecule has 0 atom stereocenters. The fraction of sp³-hybridized carbons (Fsp3) is 0.167. The van der Waals surface area contributed by atoms with Gasteiger partial charge in [0.2, 0.25) is 0 Å². The van der Waals surface area contributed by atoms with Gasteiger partial charge >= 0.3 is 0 Å². The van der Waals surface area contributed by atoms with Crippen molar-refractivity contribution < 1.29 is 0 Å². The van der Waals surface area contributed by atoms with Crippen LogP contribution in [-0.4, -0.2) is 36.1 Å². The van der Waals surface area contributed by atoms with E-state index in [-0.39, 0.29) is 0 Å². The van der Waals surface area contributed by atoms with Crippen LogP contribution in [0.15, 0.2) is 41.4 Å². The van der Waals surface area contributed by atoms with Crippen LogP contribution in [0.3, 0.4) is 0 Å². The van der Waals surface area contributed by atoms with Crippen molar-refractivity contribution in [2.45, 2.75) is 6.92 Å². The Bertz CT molecular complexity index is 691. The molecule has 0 amide bonds. The first-order chi connectivity index (χ1) is 9.79. The van der Waals surface area contributed by atoms with E-state index in [9.17, 15) is 0 Å². The van der Waals surface area contributed by atoms with Crippen molar-refractivity contribution in [3.63, 3.8) is 0 Å². The lowest BCUT2D eigenvalue weighted by Crippen LogP contribution is -2.11. The topological polar surface area (TPSA) is 73.5 Å². The van der Waals surface area contributed by atoms with Gasteiger partial charge in [-0.1, -0.05) is 0 Å². The minimum atomic E-state index is 0.486. The summed E-state index contributed by atoms with van der Waals surface area (Å²) in [6.07, 6.45) is 7.02. The van der Waals surface area contributed by atoms with Gasteiger partial charge < -0.3 is 5.32 Å². The summed E-state index contributed by atoms with van der Waals surface area (Å²) in [7, 11) is 0. The van der Waals surface area contributed by atoms with Crippen LogP contribution in [0, 0.1) is 0 Å². The number of hydrogen-bond acceptors (Lipinski definition) is 5. The van der Waals surface area contributed by atoms with Crippen molar-refractivity contribution >= 4 is 21.7 Å². The van der Waals surface area contributed by atoms with E-state index in [1.165, 1.54) is 0 Å². The monoisotopic (exact) mass is 333 g/mol. The maximum atomic E-state index is 4.50. The van der Waals surface area contributed by atoms with Gasteiger partial charge in [0.15, 0.2) is 5.82 Å². The van der Waals surface area contributed by atoms with Crippen molar-refractivity contribution in [3.8, 4) is 11.8 Å². The molecule has 0 bridgehead atoms. The number of nitrogens with one attached hydrogen (secondary N) is 1. The first-order valence-electron chi connectivity index (χ1n) is 6.11. The lowest BCUT2D eigenvalue weighted by Gasteiger charge is -2.11. The van der Waals surface area contributed by atoms with E-state index in [1.807, 2.05) is 25.3 Å². The van der Waals surface area contributed by atoms with Crippen molar-refractivity contribution in [1.82, 2.24) is 29.5 Å². The standard InChI is InChI=1S/C12H12BrN7/c1-2-14-10-9(13)11(19-7-3-5-15-19)18-12(17-10)20-8-4-6-16-20/h3-8H,2H2,1H3,(H,14,17,18). The molecule has 0 aliphatic carbocycles. The van der Waals surface area contributed by atoms with Crippen LogP contribution in [0.5, 0.6) is 0 Å². The second-order valence-electron chi connectivity index (χ2n) is 3.94. The van der Waals surface area contributed by atoms with E-state index in [1.54, 1.807) is 28.0 Å². The van der Waals surface area contributed by atoms with E-state index < -0.39 is 0 Å². The summed E-state index contributed by atoms with van der Waals surface area (Å²) in [6, 6.07) is 3.67. The van der Waals surface area contributed by atoms with Crippen molar-refractivity contribution in [2.24, 2.45) is 0 Å². The maximum absolute atomic E-state index is 4.50. The molecule has 7 nitrogen and oxygen atoms in total. The Balaban J connectivity index is 2.18. The Kier molecular flexibility index (Phi) is 3.46. The Morgan fingerprint density at radius 1 is 1.10 bits per heavy atom. The van der Waals surface area contributed by atoms with Crippen LogP contribution in [0.4, 0.5) is 5.82 Å². The van der Waals surface area contributed by atoms with Crippen molar-refractivity contribution in [3.05, 3.63) is 41.4 Å². The van der Waals surface area contributed by atoms with Gasteiger partial charge in [0.25, 0.3) is 5.95 Å². The molecule has 0 saturated heterocycles. The quantitative estimate of drug-likeness (QED) is 0.790. The molecule has 3 aromatic heterocycles. The first kappa shape index (κ1) is 12.8. The van der Waals surface area contributed by atoms with Crippen LogP contribution in [0.2, 0.25) is 0 Å². The smallest absolute Gasteiger partial charge is 0.254 e. The third-order valence-corrected chi connectivity index (χ3v) is 3.33. The highest BCUT2D eigenvalue weighted by Gasteiger charge is 2.14. The average Bonchev–Trinajstić information content (AvgIpc) is 3.14. The molecule has 3 aromatic rings. The number of hydrogen-bond donors (Lipinski definition) is 1. The van der Waals surface area contributed by atoms with Crippen LogP contribution in [0.1, 0.15) is 6.92 Å². The number of rotatable bonds is 4. The third-order valence-electron chi connectivity index (χ3n) is 2.60. The Labute approximate surface area is 123 Å². The zero-order valence-electron chi connectivity index (χ0n) is 10.7. The molecular formula is C12H12BrN7. The van der Waals surface area contributed by atoms with Gasteiger partial charge in [-0.3, -0.25) is 0 Å². The van der Waals surface area contributed by atoms with Gasteiger partial charge in [-0.05, 0) is 35.0 Å². The third kappa shape index (κ3) is 2.29. The summed E-state index contributed by atoms with van der Waals surface area (Å²) >= 11 is 3.52. The fourth-order valence-electron chi connectivity index (χ4n) is 1.74. The van der Waals surface area contributed by atoms with Crippen molar-refractivity contribution in [2.75, 3.05) is 11.9 Å². The van der Waals surface area contributed by atoms with Crippen LogP contribution in [-0.2, 0) is 0 Å². The summed E-state index contributed by atoms with van der Waals surface area (Å²) in [5, 5.41) is 11.6. The zero-order valence-corrected chi connectivity index (χ0v) is 12.3. The average molecular weight is 334 g/mol. The molecule has 0 unspecified atom stereocenters. The molecule has 20 heavy (non-hydrogen) atoms. The SMILES string of the molecule is CCNc1nc(-n2cccn2)nc(-n2cccn2)c1Br. The van der Waals surface area contributed by atoms with E-state index in [0.29, 0.717) is 17.6 Å². The van der Waals surface area contributed by atoms with E-state index in [2.05, 4.69) is 41.4 Å². The second-order valence-corrected chi connectivity index (χ2v) is 4.73. The van der Waals surface area contributed by atoms with Gasteiger partial charge in [-0.2, -0.15) is 20.2 Å². The highest BCUT2D eigenvalue weighted by Crippen LogP contribution is 2.26. The van der Waals surface area contributed by atoms with Gasteiger partial charge in [0.1, 0.15) is 10.3 Å². The summed E-state index contributed by atoms with van der Waals surface area (Å²) in [4.78, 5) is 8.97. The maximum Gasteiger partial charge on any atom is 0.254 e. The molecule has 0 aromatic carbocycles. The van der Waals surface area contributed by atoms with Gasteiger partial charge in [0, 0.05) is 31.3 Å². The van der Waals surface area contributed by atoms with E-state index in [4.69, 9.17) is 0 Å². The predicted molar refractivity (Wildman–Crippen MR) is 78.1 cm³/mol. The second kappa shape index (κ2) is 5.41. The summed E-state index contributed by atoms with van der Waals surface area (Å²) in [5.41, 5.74) is 0. The number of nitrogens with zero attached hydrogens (tertiary/aromatic N) is 6. The minimum Gasteiger partial charge on any atom is -0.369 e. The van der Waals surface area contributed by atoms with Crippen LogP contribution < -0.4 is 5.32 Å². The van der Waals surface area contributed by atoms with Crippen LogP contribution in [0.25, 0.3) is 11.8 Å². The number of halogens is 1. The van der Waals surface area contributed by atoms with Crippen molar-refractivity contribution in [1.29, 1.82) is 0 Å². The Morgan fingerprint density at radius 2 is 1.80 bits per heavy atom. The largest absolute Gasteiger partial charge is 0.369 e. The molecule has 0 radical (unpaired) electrons. The molecule has 8 heteroatoms. The highest BCUT2D eigenvalue weighted by atomic mass is 79.9. The molecule has 0 spiro atoms. The highest BCUT2D eigenvalue weighted by molar-refractivity contribution is 9.10. The summed E-state index contributed by atoms with van der Waals surface area (Å²) in [5.74, 6) is 1.85.